The van der Waals surface area contributed by atoms with Crippen LogP contribution in [0.25, 0.3) is 0 Å². The Morgan fingerprint density at radius 2 is 1.50 bits per heavy atom. The maximum absolute atomic E-state index is 2.28. The largest absolute Gasteiger partial charge is 0.0848 e. The average Bonchev–Trinajstić information content (AvgIpc) is 2.28. The minimum absolute atomic E-state index is 1.14. The van der Waals surface area contributed by atoms with Gasteiger partial charge in [-0.05, 0) is 26.2 Å². The van der Waals surface area contributed by atoms with Crippen molar-refractivity contribution in [2.45, 2.75) is 78.6 Å². The van der Waals surface area contributed by atoms with Crippen LogP contribution >= 0.6 is 0 Å². The summed E-state index contributed by atoms with van der Waals surface area (Å²) in [5.41, 5.74) is 1.53. The molecule has 0 atom stereocenters. The first-order valence-corrected chi connectivity index (χ1v) is 7.13. The van der Waals surface area contributed by atoms with Gasteiger partial charge in [-0.15, -0.1) is 0 Å². The zero-order valence-corrected chi connectivity index (χ0v) is 11.6. The Morgan fingerprint density at radius 1 is 0.875 bits per heavy atom. The van der Waals surface area contributed by atoms with E-state index in [4.69, 9.17) is 0 Å². The van der Waals surface area contributed by atoms with Crippen LogP contribution in [0.15, 0.2) is 23.8 Å². The van der Waals surface area contributed by atoms with Gasteiger partial charge in [0.15, 0.2) is 0 Å². The molecular weight excluding hydrogens is 192 g/mol. The summed E-state index contributed by atoms with van der Waals surface area (Å²) in [6.45, 7) is 6.70. The maximum atomic E-state index is 2.28. The van der Waals surface area contributed by atoms with Crippen molar-refractivity contribution in [3.05, 3.63) is 23.8 Å². The standard InChI is InChI=1S/C16H30/c1-4-6-8-9-10-11-13-15-16(3)14-12-7-5-2/h7,12,14H,4-6,8-11,13,15H2,1-3H3. The minimum Gasteiger partial charge on any atom is -0.0848 e. The van der Waals surface area contributed by atoms with Crippen LogP contribution in [0.1, 0.15) is 78.6 Å². The molecule has 0 bridgehead atoms. The molecule has 0 rings (SSSR count). The first kappa shape index (κ1) is 15.5. The molecule has 0 aromatic heterocycles. The lowest BCUT2D eigenvalue weighted by Gasteiger charge is -2.01. The molecule has 0 amide bonds. The second kappa shape index (κ2) is 12.5. The molecule has 0 nitrogen and oxygen atoms in total. The van der Waals surface area contributed by atoms with Gasteiger partial charge in [-0.3, -0.25) is 0 Å². The molecule has 0 heteroatoms. The van der Waals surface area contributed by atoms with Crippen molar-refractivity contribution in [1.82, 2.24) is 0 Å². The molecule has 0 aliphatic rings. The highest BCUT2D eigenvalue weighted by Gasteiger charge is 1.92. The smallest absolute Gasteiger partial charge is 0.0320 e. The van der Waals surface area contributed by atoms with E-state index >= 15 is 0 Å². The Kier molecular flexibility index (Phi) is 12.1. The van der Waals surface area contributed by atoms with Crippen LogP contribution in [0.3, 0.4) is 0 Å². The summed E-state index contributed by atoms with van der Waals surface area (Å²) in [5, 5.41) is 0. The van der Waals surface area contributed by atoms with Crippen LogP contribution in [0.2, 0.25) is 0 Å². The Labute approximate surface area is 103 Å². The fraction of sp³-hybridized carbons (Fsp3) is 0.750. The highest BCUT2D eigenvalue weighted by Crippen LogP contribution is 2.12. The fourth-order valence-electron chi connectivity index (χ4n) is 1.81. The predicted octanol–water partition coefficient (Wildman–Crippen LogP) is 6.04. The summed E-state index contributed by atoms with van der Waals surface area (Å²) in [6, 6.07) is 0. The van der Waals surface area contributed by atoms with E-state index < -0.39 is 0 Å². The van der Waals surface area contributed by atoms with Gasteiger partial charge in [-0.25, -0.2) is 0 Å². The van der Waals surface area contributed by atoms with E-state index in [1.165, 1.54) is 56.9 Å². The molecular formula is C16H30. The second-order valence-electron chi connectivity index (χ2n) is 4.72. The Balaban J connectivity index is 3.30. The van der Waals surface area contributed by atoms with Gasteiger partial charge < -0.3 is 0 Å². The molecule has 0 aromatic carbocycles. The summed E-state index contributed by atoms with van der Waals surface area (Å²) in [6.07, 6.45) is 18.9. The van der Waals surface area contributed by atoms with Crippen molar-refractivity contribution >= 4 is 0 Å². The van der Waals surface area contributed by atoms with Gasteiger partial charge >= 0.3 is 0 Å². The summed E-state index contributed by atoms with van der Waals surface area (Å²) in [5.74, 6) is 0. The van der Waals surface area contributed by atoms with Gasteiger partial charge in [0.1, 0.15) is 0 Å². The van der Waals surface area contributed by atoms with E-state index in [0.29, 0.717) is 0 Å². The highest BCUT2D eigenvalue weighted by molar-refractivity contribution is 5.10. The van der Waals surface area contributed by atoms with Crippen molar-refractivity contribution < 1.29 is 0 Å². The Hall–Kier alpha value is -0.520. The number of unbranched alkanes of at least 4 members (excludes halogenated alkanes) is 6. The highest BCUT2D eigenvalue weighted by atomic mass is 14.0. The van der Waals surface area contributed by atoms with E-state index in [0.717, 1.165) is 6.42 Å². The number of hydrogen-bond donors (Lipinski definition) is 0. The maximum Gasteiger partial charge on any atom is -0.0320 e. The molecule has 0 unspecified atom stereocenters. The average molecular weight is 222 g/mol. The summed E-state index contributed by atoms with van der Waals surface area (Å²) in [4.78, 5) is 0. The van der Waals surface area contributed by atoms with E-state index in [9.17, 15) is 0 Å². The first-order chi connectivity index (χ1) is 7.81. The molecule has 0 aliphatic carbocycles. The lowest BCUT2D eigenvalue weighted by atomic mass is 10.1. The van der Waals surface area contributed by atoms with Gasteiger partial charge in [0.25, 0.3) is 0 Å². The minimum atomic E-state index is 1.14. The normalized spacial score (nSPS) is 12.6. The Bertz CT molecular complexity index is 186. The molecule has 16 heavy (non-hydrogen) atoms. The van der Waals surface area contributed by atoms with Crippen molar-refractivity contribution in [1.29, 1.82) is 0 Å². The van der Waals surface area contributed by atoms with Crippen LogP contribution in [0.5, 0.6) is 0 Å². The molecule has 0 saturated carbocycles. The SMILES string of the molecule is CCC=CC=C(C)CCCCCCCCC. The first-order valence-electron chi connectivity index (χ1n) is 7.13. The molecule has 0 saturated heterocycles. The molecule has 0 radical (unpaired) electrons. The lowest BCUT2D eigenvalue weighted by molar-refractivity contribution is 0.588. The van der Waals surface area contributed by atoms with Crippen molar-refractivity contribution in [3.63, 3.8) is 0 Å². The van der Waals surface area contributed by atoms with Gasteiger partial charge in [0.2, 0.25) is 0 Å². The third-order valence-corrected chi connectivity index (χ3v) is 2.93. The molecule has 0 spiro atoms. The third-order valence-electron chi connectivity index (χ3n) is 2.93. The summed E-state index contributed by atoms with van der Waals surface area (Å²) in [7, 11) is 0. The summed E-state index contributed by atoms with van der Waals surface area (Å²) >= 11 is 0. The molecule has 0 N–H and O–H groups in total. The predicted molar refractivity (Wildman–Crippen MR) is 75.8 cm³/mol. The van der Waals surface area contributed by atoms with Crippen LogP contribution in [0.4, 0.5) is 0 Å². The molecule has 94 valence electrons. The third kappa shape index (κ3) is 11.6. The van der Waals surface area contributed by atoms with Crippen LogP contribution in [0, 0.1) is 0 Å². The fourth-order valence-corrected chi connectivity index (χ4v) is 1.81. The number of hydrogen-bond acceptors (Lipinski definition) is 0. The number of allylic oxidation sites excluding steroid dienone is 4. The van der Waals surface area contributed by atoms with Gasteiger partial charge in [0.05, 0.1) is 0 Å². The van der Waals surface area contributed by atoms with Crippen LogP contribution < -0.4 is 0 Å². The van der Waals surface area contributed by atoms with E-state index in [-0.39, 0.29) is 0 Å². The lowest BCUT2D eigenvalue weighted by Crippen LogP contribution is -1.81. The molecule has 0 aliphatic heterocycles. The zero-order chi connectivity index (χ0) is 12.1. The van der Waals surface area contributed by atoms with Gasteiger partial charge in [-0.2, -0.15) is 0 Å². The quantitative estimate of drug-likeness (QED) is 0.312. The zero-order valence-electron chi connectivity index (χ0n) is 11.6. The molecule has 0 aromatic rings. The van der Waals surface area contributed by atoms with Crippen molar-refractivity contribution in [2.24, 2.45) is 0 Å². The Morgan fingerprint density at radius 3 is 2.12 bits per heavy atom. The van der Waals surface area contributed by atoms with E-state index in [1.807, 2.05) is 0 Å². The topological polar surface area (TPSA) is 0 Å². The second-order valence-corrected chi connectivity index (χ2v) is 4.72. The van der Waals surface area contributed by atoms with Crippen molar-refractivity contribution in [2.75, 3.05) is 0 Å². The van der Waals surface area contributed by atoms with E-state index in [1.54, 1.807) is 0 Å². The van der Waals surface area contributed by atoms with Crippen molar-refractivity contribution in [3.8, 4) is 0 Å². The molecule has 0 heterocycles. The van der Waals surface area contributed by atoms with Gasteiger partial charge in [-0.1, -0.05) is 76.2 Å². The van der Waals surface area contributed by atoms with Crippen LogP contribution in [-0.4, -0.2) is 0 Å². The number of rotatable bonds is 10. The summed E-state index contributed by atoms with van der Waals surface area (Å²) < 4.78 is 0. The molecule has 0 fully saturated rings. The monoisotopic (exact) mass is 222 g/mol. The van der Waals surface area contributed by atoms with Gasteiger partial charge in [0, 0.05) is 0 Å². The van der Waals surface area contributed by atoms with E-state index in [2.05, 4.69) is 39.0 Å². The van der Waals surface area contributed by atoms with Crippen LogP contribution in [-0.2, 0) is 0 Å².